The van der Waals surface area contributed by atoms with Gasteiger partial charge in [0.2, 0.25) is 0 Å². The summed E-state index contributed by atoms with van der Waals surface area (Å²) in [6, 6.07) is 2.50. The average molecular weight is 384 g/mol. The Balaban J connectivity index is 1.45. The predicted molar refractivity (Wildman–Crippen MR) is 89.9 cm³/mol. The molecule has 0 radical (unpaired) electrons. The molecule has 25 heavy (non-hydrogen) atoms. The number of benzene rings is 1. The molecule has 1 aliphatic heterocycles. The average Bonchev–Trinajstić information content (AvgIpc) is 3.20. The molecule has 0 amide bonds. The normalized spacial score (nSPS) is 15.9. The first-order valence-corrected chi connectivity index (χ1v) is 9.26. The van der Waals surface area contributed by atoms with Crippen molar-refractivity contribution in [2.45, 2.75) is 30.4 Å². The van der Waals surface area contributed by atoms with Crippen LogP contribution in [0.4, 0.5) is 4.39 Å². The number of tetrazole rings is 1. The minimum Gasteiger partial charge on any atom is -0.430 e. The van der Waals surface area contributed by atoms with Crippen LogP contribution >= 0.6 is 23.4 Å². The molecule has 10 heteroatoms. The molecular weight excluding hydrogens is 369 g/mol. The highest BCUT2D eigenvalue weighted by atomic mass is 35.5. The van der Waals surface area contributed by atoms with Crippen LogP contribution in [0.1, 0.15) is 18.7 Å². The molecular formula is C15H15ClFN5O2S. The molecule has 0 atom stereocenters. The van der Waals surface area contributed by atoms with Crippen LogP contribution < -0.4 is 0 Å². The van der Waals surface area contributed by atoms with E-state index in [1.54, 1.807) is 0 Å². The Hall–Kier alpha value is -1.71. The molecule has 3 aromatic rings. The molecule has 1 saturated heterocycles. The van der Waals surface area contributed by atoms with Crippen molar-refractivity contribution in [2.75, 3.05) is 13.2 Å². The van der Waals surface area contributed by atoms with Crippen LogP contribution in [0.2, 0.25) is 5.02 Å². The fraction of sp³-hybridized carbons (Fsp3) is 0.467. The summed E-state index contributed by atoms with van der Waals surface area (Å²) in [6.07, 6.45) is 2.03. The molecule has 0 bridgehead atoms. The zero-order valence-electron chi connectivity index (χ0n) is 13.2. The molecule has 0 aliphatic carbocycles. The first-order chi connectivity index (χ1) is 12.2. The number of oxazole rings is 1. The third-order valence-electron chi connectivity index (χ3n) is 4.09. The maximum atomic E-state index is 13.4. The van der Waals surface area contributed by atoms with Crippen LogP contribution in [-0.2, 0) is 17.0 Å². The summed E-state index contributed by atoms with van der Waals surface area (Å²) in [5.74, 6) is 1.33. The lowest BCUT2D eigenvalue weighted by molar-refractivity contribution is 0.0597. The second-order valence-electron chi connectivity index (χ2n) is 5.84. The third-order valence-corrected chi connectivity index (χ3v) is 5.20. The van der Waals surface area contributed by atoms with Gasteiger partial charge in [0, 0.05) is 25.8 Å². The van der Waals surface area contributed by atoms with Gasteiger partial charge in [0.05, 0.1) is 10.8 Å². The molecule has 132 valence electrons. The Morgan fingerprint density at radius 3 is 3.00 bits per heavy atom. The summed E-state index contributed by atoms with van der Waals surface area (Å²) in [5, 5.41) is 12.5. The second kappa shape index (κ2) is 7.27. The number of nitrogens with zero attached hydrogens (tertiary/aromatic N) is 5. The van der Waals surface area contributed by atoms with Crippen LogP contribution in [-0.4, -0.2) is 38.4 Å². The predicted octanol–water partition coefficient (Wildman–Crippen LogP) is 3.33. The van der Waals surface area contributed by atoms with E-state index in [4.69, 9.17) is 20.8 Å². The van der Waals surface area contributed by atoms with Crippen LogP contribution in [0.5, 0.6) is 0 Å². The van der Waals surface area contributed by atoms with Gasteiger partial charge in [0.1, 0.15) is 11.3 Å². The Morgan fingerprint density at radius 2 is 2.16 bits per heavy atom. The third kappa shape index (κ3) is 3.78. The van der Waals surface area contributed by atoms with Gasteiger partial charge in [-0.3, -0.25) is 0 Å². The fourth-order valence-corrected chi connectivity index (χ4v) is 3.77. The SMILES string of the molecule is Fc1cc(Cl)c2oc(SCc3nnnn3CC3CCOCC3)nc2c1. The van der Waals surface area contributed by atoms with Gasteiger partial charge < -0.3 is 9.15 Å². The summed E-state index contributed by atoms with van der Waals surface area (Å²) in [6.45, 7) is 2.35. The smallest absolute Gasteiger partial charge is 0.257 e. The van der Waals surface area contributed by atoms with Crippen LogP contribution in [0, 0.1) is 11.7 Å². The van der Waals surface area contributed by atoms with E-state index in [0.29, 0.717) is 28.0 Å². The Labute approximate surface area is 151 Å². The van der Waals surface area contributed by atoms with Gasteiger partial charge in [0.25, 0.3) is 5.22 Å². The number of fused-ring (bicyclic) bond motifs is 1. The lowest BCUT2D eigenvalue weighted by atomic mass is 10.0. The van der Waals surface area contributed by atoms with Crippen molar-refractivity contribution in [1.29, 1.82) is 0 Å². The summed E-state index contributed by atoms with van der Waals surface area (Å²) in [4.78, 5) is 4.26. The zero-order chi connectivity index (χ0) is 17.2. The van der Waals surface area contributed by atoms with Gasteiger partial charge in [-0.15, -0.1) is 5.10 Å². The van der Waals surface area contributed by atoms with Crippen molar-refractivity contribution < 1.29 is 13.5 Å². The fourth-order valence-electron chi connectivity index (χ4n) is 2.77. The first-order valence-electron chi connectivity index (χ1n) is 7.90. The minimum absolute atomic E-state index is 0.207. The Kier molecular flexibility index (Phi) is 4.87. The largest absolute Gasteiger partial charge is 0.430 e. The van der Waals surface area contributed by atoms with E-state index < -0.39 is 5.82 Å². The summed E-state index contributed by atoms with van der Waals surface area (Å²) < 4.78 is 26.2. The number of hydrogen-bond donors (Lipinski definition) is 0. The van der Waals surface area contributed by atoms with E-state index in [1.165, 1.54) is 23.9 Å². The highest BCUT2D eigenvalue weighted by molar-refractivity contribution is 7.98. The van der Waals surface area contributed by atoms with E-state index in [1.807, 2.05) is 4.68 Å². The minimum atomic E-state index is -0.442. The van der Waals surface area contributed by atoms with E-state index in [0.717, 1.165) is 38.4 Å². The molecule has 2 aromatic heterocycles. The van der Waals surface area contributed by atoms with Gasteiger partial charge in [-0.25, -0.2) is 14.1 Å². The Bertz CT molecular complexity index is 880. The maximum Gasteiger partial charge on any atom is 0.257 e. The van der Waals surface area contributed by atoms with Crippen molar-refractivity contribution in [1.82, 2.24) is 25.2 Å². The second-order valence-corrected chi connectivity index (χ2v) is 7.17. The van der Waals surface area contributed by atoms with Gasteiger partial charge >= 0.3 is 0 Å². The van der Waals surface area contributed by atoms with Crippen molar-refractivity contribution in [3.63, 3.8) is 0 Å². The van der Waals surface area contributed by atoms with Crippen molar-refractivity contribution in [3.8, 4) is 0 Å². The molecule has 1 aromatic carbocycles. The molecule has 0 spiro atoms. The number of aromatic nitrogens is 5. The maximum absolute atomic E-state index is 13.4. The Morgan fingerprint density at radius 1 is 1.32 bits per heavy atom. The van der Waals surface area contributed by atoms with E-state index in [-0.39, 0.29) is 5.02 Å². The van der Waals surface area contributed by atoms with Crippen LogP contribution in [0.3, 0.4) is 0 Å². The molecule has 0 N–H and O–H groups in total. The zero-order valence-corrected chi connectivity index (χ0v) is 14.8. The molecule has 1 aliphatic rings. The molecule has 0 saturated carbocycles. The van der Waals surface area contributed by atoms with E-state index >= 15 is 0 Å². The van der Waals surface area contributed by atoms with Gasteiger partial charge in [0.15, 0.2) is 11.4 Å². The van der Waals surface area contributed by atoms with Crippen LogP contribution in [0.25, 0.3) is 11.1 Å². The number of thioether (sulfide) groups is 1. The highest BCUT2D eigenvalue weighted by Crippen LogP contribution is 2.30. The van der Waals surface area contributed by atoms with Gasteiger partial charge in [-0.1, -0.05) is 23.4 Å². The topological polar surface area (TPSA) is 78.9 Å². The first kappa shape index (κ1) is 16.7. The van der Waals surface area contributed by atoms with Crippen molar-refractivity contribution in [3.05, 3.63) is 28.8 Å². The van der Waals surface area contributed by atoms with Crippen molar-refractivity contribution >= 4 is 34.5 Å². The molecule has 7 nitrogen and oxygen atoms in total. The van der Waals surface area contributed by atoms with Gasteiger partial charge in [-0.2, -0.15) is 0 Å². The van der Waals surface area contributed by atoms with E-state index in [9.17, 15) is 4.39 Å². The number of rotatable bonds is 5. The standard InChI is InChI=1S/C15H15ClFN5O2S/c16-11-5-10(17)6-12-14(11)24-15(18-12)25-8-13-19-20-21-22(13)7-9-1-3-23-4-2-9/h5-6,9H,1-4,7-8H2. The quantitative estimate of drug-likeness (QED) is 0.625. The molecule has 3 heterocycles. The lowest BCUT2D eigenvalue weighted by Gasteiger charge is -2.21. The molecule has 0 unspecified atom stereocenters. The summed E-state index contributed by atoms with van der Waals surface area (Å²) >= 11 is 7.33. The molecule has 4 rings (SSSR count). The van der Waals surface area contributed by atoms with Crippen molar-refractivity contribution in [2.24, 2.45) is 5.92 Å². The van der Waals surface area contributed by atoms with E-state index in [2.05, 4.69) is 20.5 Å². The number of halogens is 2. The molecule has 1 fully saturated rings. The van der Waals surface area contributed by atoms with Gasteiger partial charge in [-0.05, 0) is 35.3 Å². The number of hydrogen-bond acceptors (Lipinski definition) is 7. The van der Waals surface area contributed by atoms with Crippen LogP contribution in [0.15, 0.2) is 21.8 Å². The lowest BCUT2D eigenvalue weighted by Crippen LogP contribution is -2.22. The summed E-state index contributed by atoms with van der Waals surface area (Å²) in [7, 11) is 0. The number of ether oxygens (including phenoxy) is 1. The monoisotopic (exact) mass is 383 g/mol. The summed E-state index contributed by atoms with van der Waals surface area (Å²) in [5.41, 5.74) is 0.779. The highest BCUT2D eigenvalue weighted by Gasteiger charge is 2.18.